The monoisotopic (exact) mass is 343 g/mol. The summed E-state index contributed by atoms with van der Waals surface area (Å²) in [5, 5.41) is 9.09. The predicted molar refractivity (Wildman–Crippen MR) is 68.4 cm³/mol. The van der Waals surface area contributed by atoms with Crippen LogP contribution in [0.3, 0.4) is 0 Å². The number of nitrogens with one attached hydrogen (secondary N) is 2. The van der Waals surface area contributed by atoms with Gasteiger partial charge in [0.1, 0.15) is 0 Å². The zero-order valence-electron chi connectivity index (χ0n) is 8.00. The van der Waals surface area contributed by atoms with Gasteiger partial charge in [0.2, 0.25) is 0 Å². The van der Waals surface area contributed by atoms with E-state index in [1.165, 1.54) is 0 Å². The number of H-pyrrole nitrogens is 1. The fourth-order valence-corrected chi connectivity index (χ4v) is 2.42. The van der Waals surface area contributed by atoms with Crippen molar-refractivity contribution in [3.63, 3.8) is 0 Å². The van der Waals surface area contributed by atoms with E-state index in [-0.39, 0.29) is 5.91 Å². The molecular weight excluding hydrogens is 338 g/mol. The van der Waals surface area contributed by atoms with Crippen molar-refractivity contribution in [2.24, 2.45) is 0 Å². The highest BCUT2D eigenvalue weighted by Gasteiger charge is 2.10. The number of nitrogens with zero attached hydrogens (tertiary/aromatic N) is 1. The van der Waals surface area contributed by atoms with Crippen LogP contribution >= 0.6 is 31.9 Å². The van der Waals surface area contributed by atoms with E-state index in [1.54, 1.807) is 18.5 Å². The van der Waals surface area contributed by atoms with Crippen LogP contribution < -0.4 is 5.32 Å². The van der Waals surface area contributed by atoms with Gasteiger partial charge in [0.15, 0.2) is 0 Å². The standard InChI is InChI=1S/C10H7Br2N3O/c11-6-1-2-8(9(12)3-6)10(16)15-7-4-13-14-5-7/h1-5H,(H,13,14)(H,15,16). The third kappa shape index (κ3) is 2.51. The average Bonchev–Trinajstić information content (AvgIpc) is 2.70. The summed E-state index contributed by atoms with van der Waals surface area (Å²) in [5.74, 6) is -0.180. The van der Waals surface area contributed by atoms with E-state index in [0.29, 0.717) is 11.3 Å². The molecule has 0 aliphatic heterocycles. The normalized spacial score (nSPS) is 10.1. The minimum absolute atomic E-state index is 0.180. The van der Waals surface area contributed by atoms with Gasteiger partial charge in [0, 0.05) is 15.1 Å². The van der Waals surface area contributed by atoms with E-state index < -0.39 is 0 Å². The fraction of sp³-hybridized carbons (Fsp3) is 0. The van der Waals surface area contributed by atoms with Crippen molar-refractivity contribution >= 4 is 43.5 Å². The molecule has 0 aliphatic carbocycles. The molecule has 16 heavy (non-hydrogen) atoms. The molecule has 2 aromatic rings. The summed E-state index contributed by atoms with van der Waals surface area (Å²) in [4.78, 5) is 11.8. The van der Waals surface area contributed by atoms with Gasteiger partial charge in [0.25, 0.3) is 5.91 Å². The first-order chi connectivity index (χ1) is 7.66. The number of hydrogen-bond donors (Lipinski definition) is 2. The molecule has 1 aromatic carbocycles. The van der Waals surface area contributed by atoms with Crippen LogP contribution in [-0.2, 0) is 0 Å². The lowest BCUT2D eigenvalue weighted by molar-refractivity contribution is 0.102. The molecule has 1 heterocycles. The Labute approximate surface area is 109 Å². The Balaban J connectivity index is 2.21. The second-order valence-electron chi connectivity index (χ2n) is 3.07. The van der Waals surface area contributed by atoms with Crippen molar-refractivity contribution in [1.82, 2.24) is 10.2 Å². The summed E-state index contributed by atoms with van der Waals surface area (Å²) < 4.78 is 1.65. The molecule has 0 atom stereocenters. The molecule has 4 nitrogen and oxygen atoms in total. The summed E-state index contributed by atoms with van der Waals surface area (Å²) >= 11 is 6.67. The average molecular weight is 345 g/mol. The maximum absolute atomic E-state index is 11.8. The number of anilines is 1. The third-order valence-electron chi connectivity index (χ3n) is 1.93. The van der Waals surface area contributed by atoms with Crippen molar-refractivity contribution in [1.29, 1.82) is 0 Å². The fourth-order valence-electron chi connectivity index (χ4n) is 1.19. The number of hydrogen-bond acceptors (Lipinski definition) is 2. The van der Waals surface area contributed by atoms with E-state index in [1.807, 2.05) is 12.1 Å². The van der Waals surface area contributed by atoms with Gasteiger partial charge in [-0.1, -0.05) is 15.9 Å². The molecule has 0 saturated carbocycles. The van der Waals surface area contributed by atoms with Crippen molar-refractivity contribution in [2.75, 3.05) is 5.32 Å². The number of carbonyl (C=O) groups excluding carboxylic acids is 1. The van der Waals surface area contributed by atoms with Crippen LogP contribution in [0.25, 0.3) is 0 Å². The van der Waals surface area contributed by atoms with Gasteiger partial charge >= 0.3 is 0 Å². The molecule has 0 spiro atoms. The van der Waals surface area contributed by atoms with E-state index in [0.717, 1.165) is 8.95 Å². The molecule has 6 heteroatoms. The molecule has 0 unspecified atom stereocenters. The number of aromatic amines is 1. The van der Waals surface area contributed by atoms with E-state index >= 15 is 0 Å². The number of halogens is 2. The van der Waals surface area contributed by atoms with Crippen LogP contribution in [0.15, 0.2) is 39.5 Å². The van der Waals surface area contributed by atoms with Gasteiger partial charge in [0.05, 0.1) is 17.4 Å². The minimum Gasteiger partial charge on any atom is -0.319 e. The Hall–Kier alpha value is -1.14. The topological polar surface area (TPSA) is 57.8 Å². The molecule has 1 aromatic heterocycles. The molecule has 82 valence electrons. The van der Waals surface area contributed by atoms with Crippen LogP contribution in [0.1, 0.15) is 10.4 Å². The number of aromatic nitrogens is 2. The molecule has 0 saturated heterocycles. The van der Waals surface area contributed by atoms with Gasteiger partial charge in [-0.15, -0.1) is 0 Å². The Morgan fingerprint density at radius 1 is 1.38 bits per heavy atom. The van der Waals surface area contributed by atoms with E-state index in [4.69, 9.17) is 0 Å². The highest BCUT2D eigenvalue weighted by Crippen LogP contribution is 2.22. The van der Waals surface area contributed by atoms with Gasteiger partial charge < -0.3 is 5.32 Å². The first kappa shape index (κ1) is 11.3. The zero-order chi connectivity index (χ0) is 11.5. The summed E-state index contributed by atoms with van der Waals surface area (Å²) in [6.45, 7) is 0. The largest absolute Gasteiger partial charge is 0.319 e. The first-order valence-corrected chi connectivity index (χ1v) is 6.00. The Morgan fingerprint density at radius 3 is 2.81 bits per heavy atom. The van der Waals surface area contributed by atoms with Gasteiger partial charge in [-0.2, -0.15) is 5.10 Å². The summed E-state index contributed by atoms with van der Waals surface area (Å²) in [7, 11) is 0. The van der Waals surface area contributed by atoms with Crippen molar-refractivity contribution in [3.05, 3.63) is 45.1 Å². The summed E-state index contributed by atoms with van der Waals surface area (Å²) in [6, 6.07) is 5.38. The maximum atomic E-state index is 11.8. The Bertz CT molecular complexity index is 511. The van der Waals surface area contributed by atoms with Crippen molar-refractivity contribution < 1.29 is 4.79 Å². The van der Waals surface area contributed by atoms with Crippen LogP contribution in [0.4, 0.5) is 5.69 Å². The maximum Gasteiger partial charge on any atom is 0.256 e. The lowest BCUT2D eigenvalue weighted by Crippen LogP contribution is -2.11. The van der Waals surface area contributed by atoms with Crippen LogP contribution in [0.2, 0.25) is 0 Å². The van der Waals surface area contributed by atoms with Crippen molar-refractivity contribution in [2.45, 2.75) is 0 Å². The van der Waals surface area contributed by atoms with Crippen LogP contribution in [-0.4, -0.2) is 16.1 Å². The van der Waals surface area contributed by atoms with Gasteiger partial charge in [-0.3, -0.25) is 9.89 Å². The number of amides is 1. The van der Waals surface area contributed by atoms with Crippen LogP contribution in [0, 0.1) is 0 Å². The molecule has 0 aliphatic rings. The number of carbonyl (C=O) groups is 1. The molecule has 1 amide bonds. The minimum atomic E-state index is -0.180. The third-order valence-corrected chi connectivity index (χ3v) is 3.08. The molecule has 2 N–H and O–H groups in total. The molecule has 0 radical (unpaired) electrons. The van der Waals surface area contributed by atoms with E-state index in [2.05, 4.69) is 47.4 Å². The Morgan fingerprint density at radius 2 is 2.19 bits per heavy atom. The SMILES string of the molecule is O=C(Nc1cn[nH]c1)c1ccc(Br)cc1Br. The van der Waals surface area contributed by atoms with Gasteiger partial charge in [-0.05, 0) is 34.1 Å². The summed E-state index contributed by atoms with van der Waals surface area (Å²) in [5.41, 5.74) is 1.21. The molecule has 0 fully saturated rings. The van der Waals surface area contributed by atoms with Crippen molar-refractivity contribution in [3.8, 4) is 0 Å². The van der Waals surface area contributed by atoms with Crippen LogP contribution in [0.5, 0.6) is 0 Å². The molecule has 2 rings (SSSR count). The van der Waals surface area contributed by atoms with Gasteiger partial charge in [-0.25, -0.2) is 0 Å². The number of rotatable bonds is 2. The Kier molecular flexibility index (Phi) is 3.40. The lowest BCUT2D eigenvalue weighted by atomic mass is 10.2. The molecular formula is C10H7Br2N3O. The smallest absolute Gasteiger partial charge is 0.256 e. The number of benzene rings is 1. The second-order valence-corrected chi connectivity index (χ2v) is 4.84. The summed E-state index contributed by atoms with van der Waals surface area (Å²) in [6.07, 6.45) is 3.16. The lowest BCUT2D eigenvalue weighted by Gasteiger charge is -2.04. The first-order valence-electron chi connectivity index (χ1n) is 4.42. The highest BCUT2D eigenvalue weighted by atomic mass is 79.9. The zero-order valence-corrected chi connectivity index (χ0v) is 11.2. The second kappa shape index (κ2) is 4.80. The molecule has 0 bridgehead atoms. The highest BCUT2D eigenvalue weighted by molar-refractivity contribution is 9.11. The van der Waals surface area contributed by atoms with E-state index in [9.17, 15) is 4.79 Å². The quantitative estimate of drug-likeness (QED) is 0.879. The predicted octanol–water partition coefficient (Wildman–Crippen LogP) is 3.19.